The third kappa shape index (κ3) is 2.68. The summed E-state index contributed by atoms with van der Waals surface area (Å²) in [5.41, 5.74) is 3.28. The Morgan fingerprint density at radius 2 is 1.50 bits per heavy atom. The van der Waals surface area contributed by atoms with Crippen molar-refractivity contribution in [2.45, 2.75) is 32.9 Å². The summed E-state index contributed by atoms with van der Waals surface area (Å²) in [7, 11) is 0. The van der Waals surface area contributed by atoms with Gasteiger partial charge in [0.05, 0.1) is 13.2 Å². The lowest BCUT2D eigenvalue weighted by atomic mass is 10.1. The van der Waals surface area contributed by atoms with Gasteiger partial charge in [-0.1, -0.05) is 25.5 Å². The molecule has 2 aromatic carbocycles. The van der Waals surface area contributed by atoms with Gasteiger partial charge in [-0.2, -0.15) is 0 Å². The standard InChI is InChI=1S/C19H21FO2/c1-3-5-10-22-14-7-9-16-15-8-6-13(21-4-2)11-17(15)19(20)18(16)12-14/h6-9,11-12,19H,3-5,10H2,1-2H3. The number of alkyl halides is 1. The van der Waals surface area contributed by atoms with Crippen molar-refractivity contribution < 1.29 is 13.9 Å². The summed E-state index contributed by atoms with van der Waals surface area (Å²) < 4.78 is 26.0. The van der Waals surface area contributed by atoms with Gasteiger partial charge in [0.1, 0.15) is 11.5 Å². The van der Waals surface area contributed by atoms with Gasteiger partial charge in [0, 0.05) is 11.1 Å². The highest BCUT2D eigenvalue weighted by molar-refractivity contribution is 5.79. The third-order valence-corrected chi connectivity index (χ3v) is 3.96. The highest BCUT2D eigenvalue weighted by Crippen LogP contribution is 2.47. The van der Waals surface area contributed by atoms with E-state index in [9.17, 15) is 4.39 Å². The molecule has 3 heteroatoms. The summed E-state index contributed by atoms with van der Waals surface area (Å²) in [6.07, 6.45) is 0.983. The molecule has 0 fully saturated rings. The molecule has 1 aliphatic rings. The van der Waals surface area contributed by atoms with Gasteiger partial charge in [0.15, 0.2) is 6.17 Å². The van der Waals surface area contributed by atoms with E-state index in [1.807, 2.05) is 37.3 Å². The third-order valence-electron chi connectivity index (χ3n) is 3.96. The van der Waals surface area contributed by atoms with E-state index in [0.29, 0.717) is 24.3 Å². The number of benzene rings is 2. The molecule has 1 unspecified atom stereocenters. The van der Waals surface area contributed by atoms with Crippen LogP contribution in [0.3, 0.4) is 0 Å². The van der Waals surface area contributed by atoms with Crippen LogP contribution in [0.5, 0.6) is 11.5 Å². The zero-order valence-electron chi connectivity index (χ0n) is 13.1. The van der Waals surface area contributed by atoms with Gasteiger partial charge in [-0.3, -0.25) is 0 Å². The molecule has 0 radical (unpaired) electrons. The van der Waals surface area contributed by atoms with Crippen LogP contribution in [0.15, 0.2) is 36.4 Å². The molecular weight excluding hydrogens is 279 g/mol. The molecule has 0 bridgehead atoms. The Morgan fingerprint density at radius 1 is 0.909 bits per heavy atom. The van der Waals surface area contributed by atoms with Crippen molar-refractivity contribution in [3.05, 3.63) is 47.5 Å². The van der Waals surface area contributed by atoms with Crippen molar-refractivity contribution in [2.75, 3.05) is 13.2 Å². The molecule has 0 N–H and O–H groups in total. The lowest BCUT2D eigenvalue weighted by Gasteiger charge is -2.08. The summed E-state index contributed by atoms with van der Waals surface area (Å²) in [5, 5.41) is 0. The van der Waals surface area contributed by atoms with Gasteiger partial charge < -0.3 is 9.47 Å². The number of hydrogen-bond acceptors (Lipinski definition) is 2. The number of fused-ring (bicyclic) bond motifs is 3. The predicted octanol–water partition coefficient (Wildman–Crippen LogP) is 5.30. The second kappa shape index (κ2) is 6.39. The molecule has 0 saturated heterocycles. The van der Waals surface area contributed by atoms with Crippen LogP contribution in [0, 0.1) is 0 Å². The highest BCUT2D eigenvalue weighted by atomic mass is 19.1. The van der Waals surface area contributed by atoms with E-state index < -0.39 is 6.17 Å². The molecule has 22 heavy (non-hydrogen) atoms. The second-order valence-electron chi connectivity index (χ2n) is 5.50. The minimum Gasteiger partial charge on any atom is -0.494 e. The Bertz CT molecular complexity index is 666. The Labute approximate surface area is 130 Å². The Balaban J connectivity index is 1.89. The summed E-state index contributed by atoms with van der Waals surface area (Å²) >= 11 is 0. The first-order valence-corrected chi connectivity index (χ1v) is 7.92. The molecule has 2 nitrogen and oxygen atoms in total. The maximum absolute atomic E-state index is 14.8. The van der Waals surface area contributed by atoms with Gasteiger partial charge in [-0.05, 0) is 48.7 Å². The average Bonchev–Trinajstić information content (AvgIpc) is 2.81. The average molecular weight is 300 g/mol. The predicted molar refractivity (Wildman–Crippen MR) is 86.4 cm³/mol. The summed E-state index contributed by atoms with van der Waals surface area (Å²) in [6.45, 7) is 5.30. The van der Waals surface area contributed by atoms with Crippen LogP contribution in [-0.4, -0.2) is 13.2 Å². The van der Waals surface area contributed by atoms with Crippen molar-refractivity contribution in [1.29, 1.82) is 0 Å². The zero-order valence-corrected chi connectivity index (χ0v) is 13.1. The number of hydrogen-bond donors (Lipinski definition) is 0. The summed E-state index contributed by atoms with van der Waals surface area (Å²) in [5.74, 6) is 1.46. The smallest absolute Gasteiger partial charge is 0.152 e. The molecular formula is C19H21FO2. The SMILES string of the molecule is CCCCOc1ccc2c(c1)C(F)c1cc(OCC)ccc1-2. The minimum atomic E-state index is -1.11. The number of ether oxygens (including phenoxy) is 2. The van der Waals surface area contributed by atoms with E-state index in [4.69, 9.17) is 9.47 Å². The fourth-order valence-corrected chi connectivity index (χ4v) is 2.84. The zero-order chi connectivity index (χ0) is 15.5. The molecule has 1 atom stereocenters. The second-order valence-corrected chi connectivity index (χ2v) is 5.50. The number of rotatable bonds is 6. The van der Waals surface area contributed by atoms with Crippen LogP contribution in [0.2, 0.25) is 0 Å². The molecule has 2 aromatic rings. The van der Waals surface area contributed by atoms with E-state index in [-0.39, 0.29) is 0 Å². The van der Waals surface area contributed by atoms with Crippen molar-refractivity contribution in [3.8, 4) is 22.6 Å². The van der Waals surface area contributed by atoms with Gasteiger partial charge in [-0.25, -0.2) is 4.39 Å². The molecule has 1 aliphatic carbocycles. The summed E-state index contributed by atoms with van der Waals surface area (Å²) in [4.78, 5) is 0. The van der Waals surface area contributed by atoms with Crippen LogP contribution in [-0.2, 0) is 0 Å². The quantitative estimate of drug-likeness (QED) is 0.674. The van der Waals surface area contributed by atoms with Crippen LogP contribution < -0.4 is 9.47 Å². The molecule has 3 rings (SSSR count). The molecule has 0 saturated carbocycles. The Kier molecular flexibility index (Phi) is 4.32. The van der Waals surface area contributed by atoms with Gasteiger partial charge in [0.2, 0.25) is 0 Å². The normalized spacial score (nSPS) is 15.3. The fraction of sp³-hybridized carbons (Fsp3) is 0.368. The number of unbranched alkanes of at least 4 members (excludes halogenated alkanes) is 1. The first kappa shape index (κ1) is 14.9. The number of halogens is 1. The first-order chi connectivity index (χ1) is 10.7. The molecule has 0 aliphatic heterocycles. The van der Waals surface area contributed by atoms with Crippen LogP contribution in [0.1, 0.15) is 44.0 Å². The van der Waals surface area contributed by atoms with Crippen LogP contribution in [0.4, 0.5) is 4.39 Å². The van der Waals surface area contributed by atoms with Crippen LogP contribution >= 0.6 is 0 Å². The molecule has 0 amide bonds. The Hall–Kier alpha value is -2.03. The topological polar surface area (TPSA) is 18.5 Å². The lowest BCUT2D eigenvalue weighted by molar-refractivity contribution is 0.308. The van der Waals surface area contributed by atoms with E-state index in [0.717, 1.165) is 35.5 Å². The van der Waals surface area contributed by atoms with Crippen molar-refractivity contribution >= 4 is 0 Å². The molecule has 0 aromatic heterocycles. The molecule has 116 valence electrons. The van der Waals surface area contributed by atoms with Gasteiger partial charge in [-0.15, -0.1) is 0 Å². The first-order valence-electron chi connectivity index (χ1n) is 7.92. The van der Waals surface area contributed by atoms with E-state index in [2.05, 4.69) is 6.92 Å². The lowest BCUT2D eigenvalue weighted by Crippen LogP contribution is -1.97. The van der Waals surface area contributed by atoms with E-state index in [1.165, 1.54) is 0 Å². The van der Waals surface area contributed by atoms with E-state index in [1.54, 1.807) is 6.07 Å². The molecule has 0 spiro atoms. The van der Waals surface area contributed by atoms with Gasteiger partial charge in [0.25, 0.3) is 0 Å². The summed E-state index contributed by atoms with van der Waals surface area (Å²) in [6, 6.07) is 11.4. The van der Waals surface area contributed by atoms with Crippen molar-refractivity contribution in [1.82, 2.24) is 0 Å². The van der Waals surface area contributed by atoms with E-state index >= 15 is 0 Å². The van der Waals surface area contributed by atoms with Gasteiger partial charge >= 0.3 is 0 Å². The maximum Gasteiger partial charge on any atom is 0.152 e. The van der Waals surface area contributed by atoms with Crippen molar-refractivity contribution in [3.63, 3.8) is 0 Å². The minimum absolute atomic E-state index is 0.581. The molecule has 0 heterocycles. The largest absolute Gasteiger partial charge is 0.494 e. The highest BCUT2D eigenvalue weighted by Gasteiger charge is 2.29. The van der Waals surface area contributed by atoms with Crippen molar-refractivity contribution in [2.24, 2.45) is 0 Å². The fourth-order valence-electron chi connectivity index (χ4n) is 2.84. The Morgan fingerprint density at radius 3 is 2.05 bits per heavy atom. The maximum atomic E-state index is 14.8. The van der Waals surface area contributed by atoms with Crippen LogP contribution in [0.25, 0.3) is 11.1 Å². The monoisotopic (exact) mass is 300 g/mol.